The van der Waals surface area contributed by atoms with Crippen molar-refractivity contribution >= 4 is 12.2 Å². The molecule has 20 heavy (non-hydrogen) atoms. The second-order valence-corrected chi connectivity index (χ2v) is 5.44. The molecular formula is C17H20F2O. The maximum Gasteiger partial charge on any atom is 0.201 e. The maximum atomic E-state index is 14.1. The predicted octanol–water partition coefficient (Wildman–Crippen LogP) is 5.27. The van der Waals surface area contributed by atoms with E-state index < -0.39 is 11.6 Å². The minimum atomic E-state index is -0.881. The lowest BCUT2D eigenvalue weighted by Crippen LogP contribution is -2.19. The number of ether oxygens (including phenoxy) is 1. The summed E-state index contributed by atoms with van der Waals surface area (Å²) >= 11 is 0. The third kappa shape index (κ3) is 2.62. The summed E-state index contributed by atoms with van der Waals surface area (Å²) in [5, 5.41) is 0. The zero-order valence-electron chi connectivity index (χ0n) is 12.4. The van der Waals surface area contributed by atoms with Crippen molar-refractivity contribution in [3.63, 3.8) is 0 Å². The Morgan fingerprint density at radius 1 is 1.30 bits per heavy atom. The molecule has 1 aromatic carbocycles. The van der Waals surface area contributed by atoms with Gasteiger partial charge in [-0.15, -0.1) is 0 Å². The molecule has 0 saturated heterocycles. The quantitative estimate of drug-likeness (QED) is 0.731. The normalized spacial score (nSPS) is 16.6. The van der Waals surface area contributed by atoms with Gasteiger partial charge in [0.25, 0.3) is 0 Å². The van der Waals surface area contributed by atoms with Crippen molar-refractivity contribution < 1.29 is 13.5 Å². The lowest BCUT2D eigenvalue weighted by molar-refractivity contribution is 0.220. The van der Waals surface area contributed by atoms with Gasteiger partial charge < -0.3 is 4.74 Å². The number of fused-ring (bicyclic) bond motifs is 1. The molecule has 2 rings (SSSR count). The highest BCUT2D eigenvalue weighted by molar-refractivity contribution is 5.74. The third-order valence-corrected chi connectivity index (χ3v) is 3.41. The molecule has 1 aromatic rings. The Balaban J connectivity index is 2.61. The van der Waals surface area contributed by atoms with Crippen LogP contribution in [0.4, 0.5) is 8.78 Å². The van der Waals surface area contributed by atoms with Crippen LogP contribution < -0.4 is 4.74 Å². The van der Waals surface area contributed by atoms with E-state index >= 15 is 0 Å². The molecule has 0 fully saturated rings. The summed E-state index contributed by atoms with van der Waals surface area (Å²) in [6.07, 6.45) is 7.19. The van der Waals surface area contributed by atoms with E-state index in [1.165, 1.54) is 0 Å². The van der Waals surface area contributed by atoms with Crippen LogP contribution in [0, 0.1) is 18.6 Å². The predicted molar refractivity (Wildman–Crippen MR) is 78.8 cm³/mol. The summed E-state index contributed by atoms with van der Waals surface area (Å²) in [6, 6.07) is 0. The van der Waals surface area contributed by atoms with E-state index in [1.54, 1.807) is 6.92 Å². The van der Waals surface area contributed by atoms with Gasteiger partial charge >= 0.3 is 0 Å². The summed E-state index contributed by atoms with van der Waals surface area (Å²) in [5.74, 6) is -1.66. The molecular weight excluding hydrogens is 258 g/mol. The third-order valence-electron chi connectivity index (χ3n) is 3.41. The molecule has 1 heterocycles. The first-order chi connectivity index (χ1) is 9.45. The van der Waals surface area contributed by atoms with Crippen molar-refractivity contribution in [1.82, 2.24) is 0 Å². The number of rotatable bonds is 3. The molecule has 0 aliphatic carbocycles. The van der Waals surface area contributed by atoms with E-state index in [2.05, 4.69) is 0 Å². The van der Waals surface area contributed by atoms with E-state index in [9.17, 15) is 8.78 Å². The number of hydrogen-bond donors (Lipinski definition) is 0. The molecule has 3 heteroatoms. The van der Waals surface area contributed by atoms with Crippen molar-refractivity contribution in [2.45, 2.75) is 46.6 Å². The van der Waals surface area contributed by atoms with Crippen LogP contribution >= 0.6 is 0 Å². The molecule has 1 atom stereocenters. The number of allylic oxidation sites excluding steroid dienone is 1. The van der Waals surface area contributed by atoms with Gasteiger partial charge in [0.05, 0.1) is 0 Å². The van der Waals surface area contributed by atoms with Gasteiger partial charge in [0.2, 0.25) is 5.82 Å². The minimum Gasteiger partial charge on any atom is -0.483 e. The first-order valence-electron chi connectivity index (χ1n) is 6.97. The average Bonchev–Trinajstić information content (AvgIpc) is 2.41. The molecule has 108 valence electrons. The SMILES string of the molecule is CCCC1C=Cc2c(C=C(C)C)c(C)c(F)c(F)c2O1. The topological polar surface area (TPSA) is 9.23 Å². The van der Waals surface area contributed by atoms with Gasteiger partial charge in [-0.25, -0.2) is 4.39 Å². The first-order valence-corrected chi connectivity index (χ1v) is 6.97. The molecule has 1 aliphatic rings. The molecule has 1 nitrogen and oxygen atoms in total. The number of hydrogen-bond acceptors (Lipinski definition) is 1. The Morgan fingerprint density at radius 2 is 2.00 bits per heavy atom. The Labute approximate surface area is 119 Å². The van der Waals surface area contributed by atoms with Gasteiger partial charge in [-0.2, -0.15) is 4.39 Å². The Hall–Kier alpha value is -1.64. The summed E-state index contributed by atoms with van der Waals surface area (Å²) in [6.45, 7) is 7.49. The molecule has 1 aliphatic heterocycles. The summed E-state index contributed by atoms with van der Waals surface area (Å²) in [5.41, 5.74) is 2.69. The highest BCUT2D eigenvalue weighted by Gasteiger charge is 2.25. The zero-order chi connectivity index (χ0) is 14.9. The van der Waals surface area contributed by atoms with Gasteiger partial charge in [0.1, 0.15) is 6.10 Å². The molecule has 0 spiro atoms. The summed E-state index contributed by atoms with van der Waals surface area (Å²) in [7, 11) is 0. The van der Waals surface area contributed by atoms with E-state index in [0.717, 1.165) is 18.4 Å². The standard InChI is InChI=1S/C17H20F2O/c1-5-6-12-7-8-13-14(9-10(2)3)11(4)15(18)16(19)17(13)20-12/h7-9,12H,5-6H2,1-4H3. The van der Waals surface area contributed by atoms with Gasteiger partial charge in [0, 0.05) is 5.56 Å². The van der Waals surface area contributed by atoms with E-state index in [-0.39, 0.29) is 11.9 Å². The molecule has 0 aromatic heterocycles. The van der Waals surface area contributed by atoms with Gasteiger partial charge in [0.15, 0.2) is 11.6 Å². The van der Waals surface area contributed by atoms with Crippen LogP contribution in [-0.2, 0) is 0 Å². The fourth-order valence-electron chi connectivity index (χ4n) is 2.41. The highest BCUT2D eigenvalue weighted by atomic mass is 19.2. The van der Waals surface area contributed by atoms with Crippen molar-refractivity contribution in [2.75, 3.05) is 0 Å². The lowest BCUT2D eigenvalue weighted by Gasteiger charge is -2.24. The second kappa shape index (κ2) is 5.78. The second-order valence-electron chi connectivity index (χ2n) is 5.44. The number of halogens is 2. The van der Waals surface area contributed by atoms with Gasteiger partial charge in [-0.1, -0.05) is 31.1 Å². The van der Waals surface area contributed by atoms with Crippen molar-refractivity contribution in [2.24, 2.45) is 0 Å². The van der Waals surface area contributed by atoms with E-state index in [1.807, 2.05) is 39.0 Å². The molecule has 1 unspecified atom stereocenters. The van der Waals surface area contributed by atoms with Crippen LogP contribution in [0.3, 0.4) is 0 Å². The van der Waals surface area contributed by atoms with Crippen LogP contribution in [0.5, 0.6) is 5.75 Å². The van der Waals surface area contributed by atoms with E-state index in [4.69, 9.17) is 4.74 Å². The van der Waals surface area contributed by atoms with E-state index in [0.29, 0.717) is 16.7 Å². The van der Waals surface area contributed by atoms with Crippen molar-refractivity contribution in [3.05, 3.63) is 40.0 Å². The Kier molecular flexibility index (Phi) is 4.26. The molecule has 0 radical (unpaired) electrons. The maximum absolute atomic E-state index is 14.1. The first kappa shape index (κ1) is 14.8. The fraction of sp³-hybridized carbons (Fsp3) is 0.412. The van der Waals surface area contributed by atoms with Crippen LogP contribution in [-0.4, -0.2) is 6.10 Å². The van der Waals surface area contributed by atoms with Crippen LogP contribution in [0.15, 0.2) is 11.6 Å². The number of benzene rings is 1. The summed E-state index contributed by atoms with van der Waals surface area (Å²) < 4.78 is 33.8. The Morgan fingerprint density at radius 3 is 2.60 bits per heavy atom. The van der Waals surface area contributed by atoms with Gasteiger partial charge in [-0.05, 0) is 44.4 Å². The summed E-state index contributed by atoms with van der Waals surface area (Å²) in [4.78, 5) is 0. The van der Waals surface area contributed by atoms with Crippen molar-refractivity contribution in [1.29, 1.82) is 0 Å². The van der Waals surface area contributed by atoms with Crippen molar-refractivity contribution in [3.8, 4) is 5.75 Å². The molecule has 0 bridgehead atoms. The molecule has 0 amide bonds. The molecule has 0 saturated carbocycles. The average molecular weight is 278 g/mol. The van der Waals surface area contributed by atoms with Crippen LogP contribution in [0.25, 0.3) is 12.2 Å². The smallest absolute Gasteiger partial charge is 0.201 e. The van der Waals surface area contributed by atoms with Gasteiger partial charge in [-0.3, -0.25) is 0 Å². The Bertz CT molecular complexity index is 581. The minimum absolute atomic E-state index is 0.0431. The monoisotopic (exact) mass is 278 g/mol. The van der Waals surface area contributed by atoms with Crippen LogP contribution in [0.1, 0.15) is 50.3 Å². The zero-order valence-corrected chi connectivity index (χ0v) is 12.4. The van der Waals surface area contributed by atoms with Crippen LogP contribution in [0.2, 0.25) is 0 Å². The lowest BCUT2D eigenvalue weighted by atomic mass is 9.95. The fourth-order valence-corrected chi connectivity index (χ4v) is 2.41. The molecule has 0 N–H and O–H groups in total. The highest BCUT2D eigenvalue weighted by Crippen LogP contribution is 2.37. The largest absolute Gasteiger partial charge is 0.483 e.